The van der Waals surface area contributed by atoms with Gasteiger partial charge in [0.25, 0.3) is 0 Å². The lowest BCUT2D eigenvalue weighted by Gasteiger charge is -2.26. The van der Waals surface area contributed by atoms with E-state index in [1.54, 1.807) is 7.11 Å². The molecule has 0 aromatic heterocycles. The Morgan fingerprint density at radius 3 is 2.72 bits per heavy atom. The highest BCUT2D eigenvalue weighted by Gasteiger charge is 2.31. The Hall–Kier alpha value is -1.22. The van der Waals surface area contributed by atoms with Crippen molar-refractivity contribution in [1.82, 2.24) is 5.32 Å². The number of rotatable bonds is 4. The monoisotopic (exact) mass is 247 g/mol. The number of ether oxygens (including phenoxy) is 2. The second-order valence-electron chi connectivity index (χ2n) is 5.55. The molecule has 3 heteroatoms. The molecular weight excluding hydrogens is 226 g/mol. The van der Waals surface area contributed by atoms with Gasteiger partial charge in [-0.05, 0) is 56.8 Å². The van der Waals surface area contributed by atoms with Crippen LogP contribution in [0.4, 0.5) is 0 Å². The maximum absolute atomic E-state index is 5.85. The Balaban J connectivity index is 1.87. The minimum Gasteiger partial charge on any atom is -0.493 e. The summed E-state index contributed by atoms with van der Waals surface area (Å²) >= 11 is 0. The lowest BCUT2D eigenvalue weighted by molar-refractivity contribution is 0.281. The smallest absolute Gasteiger partial charge is 0.161 e. The van der Waals surface area contributed by atoms with Gasteiger partial charge >= 0.3 is 0 Å². The van der Waals surface area contributed by atoms with E-state index in [1.807, 2.05) is 0 Å². The maximum atomic E-state index is 5.85. The zero-order chi connectivity index (χ0) is 12.6. The Labute approximate surface area is 108 Å². The van der Waals surface area contributed by atoms with Crippen molar-refractivity contribution in [1.29, 1.82) is 0 Å². The van der Waals surface area contributed by atoms with Crippen LogP contribution >= 0.6 is 0 Å². The van der Waals surface area contributed by atoms with E-state index in [-0.39, 0.29) is 5.54 Å². The van der Waals surface area contributed by atoms with Gasteiger partial charge in [-0.15, -0.1) is 0 Å². The molecule has 3 nitrogen and oxygen atoms in total. The number of hydrogen-bond donors (Lipinski definition) is 1. The summed E-state index contributed by atoms with van der Waals surface area (Å²) in [6.45, 7) is 3.36. The largest absolute Gasteiger partial charge is 0.493 e. The molecule has 1 saturated heterocycles. The van der Waals surface area contributed by atoms with Gasteiger partial charge in [-0.1, -0.05) is 6.07 Å². The van der Waals surface area contributed by atoms with Crippen LogP contribution in [-0.4, -0.2) is 19.8 Å². The molecule has 1 aliphatic carbocycles. The van der Waals surface area contributed by atoms with Gasteiger partial charge in [0.15, 0.2) is 11.5 Å². The highest BCUT2D eigenvalue weighted by Crippen LogP contribution is 2.38. The van der Waals surface area contributed by atoms with E-state index in [0.29, 0.717) is 6.10 Å². The van der Waals surface area contributed by atoms with Crippen LogP contribution in [0.2, 0.25) is 0 Å². The van der Waals surface area contributed by atoms with Crippen LogP contribution in [0.5, 0.6) is 11.5 Å². The molecule has 1 aliphatic heterocycles. The second-order valence-corrected chi connectivity index (χ2v) is 5.55. The van der Waals surface area contributed by atoms with Gasteiger partial charge in [-0.25, -0.2) is 0 Å². The van der Waals surface area contributed by atoms with Crippen LogP contribution < -0.4 is 14.8 Å². The molecule has 0 radical (unpaired) electrons. The average molecular weight is 247 g/mol. The molecule has 18 heavy (non-hydrogen) atoms. The highest BCUT2D eigenvalue weighted by molar-refractivity contribution is 5.45. The minimum absolute atomic E-state index is 0.0887. The standard InChI is InChI=1S/C15H21NO2/c1-15(8-3-9-16-15)11-4-7-13(14(10-11)17-2)18-12-5-6-12/h4,7,10,12,16H,3,5-6,8-9H2,1-2H3. The number of methoxy groups -OCH3 is 1. The summed E-state index contributed by atoms with van der Waals surface area (Å²) in [4.78, 5) is 0. The first kappa shape index (κ1) is 11.8. The van der Waals surface area contributed by atoms with E-state index in [1.165, 1.54) is 31.2 Å². The van der Waals surface area contributed by atoms with Crippen molar-refractivity contribution >= 4 is 0 Å². The zero-order valence-electron chi connectivity index (χ0n) is 11.2. The van der Waals surface area contributed by atoms with Crippen molar-refractivity contribution < 1.29 is 9.47 Å². The minimum atomic E-state index is 0.0887. The van der Waals surface area contributed by atoms with Crippen LogP contribution in [-0.2, 0) is 5.54 Å². The lowest BCUT2D eigenvalue weighted by Crippen LogP contribution is -2.33. The predicted octanol–water partition coefficient (Wildman–Crippen LogP) is 2.84. The molecule has 1 aromatic carbocycles. The molecule has 2 fully saturated rings. The molecular formula is C15H21NO2. The first-order valence-electron chi connectivity index (χ1n) is 6.81. The van der Waals surface area contributed by atoms with Gasteiger partial charge in [0.1, 0.15) is 0 Å². The molecule has 1 N–H and O–H groups in total. The molecule has 2 aliphatic rings. The van der Waals surface area contributed by atoms with Gasteiger partial charge in [0.2, 0.25) is 0 Å². The molecule has 3 rings (SSSR count). The van der Waals surface area contributed by atoms with E-state index in [9.17, 15) is 0 Å². The summed E-state index contributed by atoms with van der Waals surface area (Å²) in [6.07, 6.45) is 5.16. The van der Waals surface area contributed by atoms with Crippen LogP contribution in [0.15, 0.2) is 18.2 Å². The molecule has 1 unspecified atom stereocenters. The summed E-state index contributed by atoms with van der Waals surface area (Å²) in [5.41, 5.74) is 1.38. The van der Waals surface area contributed by atoms with Crippen LogP contribution in [0, 0.1) is 0 Å². The van der Waals surface area contributed by atoms with Gasteiger partial charge in [-0.3, -0.25) is 0 Å². The normalized spacial score (nSPS) is 27.2. The van der Waals surface area contributed by atoms with E-state index < -0.39 is 0 Å². The molecule has 0 bridgehead atoms. The molecule has 1 saturated carbocycles. The number of hydrogen-bond acceptors (Lipinski definition) is 3. The third kappa shape index (κ3) is 2.19. The van der Waals surface area contributed by atoms with Crippen molar-refractivity contribution in [3.05, 3.63) is 23.8 Å². The first-order chi connectivity index (χ1) is 8.71. The van der Waals surface area contributed by atoms with Gasteiger partial charge in [0, 0.05) is 5.54 Å². The molecule has 1 heterocycles. The number of benzene rings is 1. The zero-order valence-corrected chi connectivity index (χ0v) is 11.2. The van der Waals surface area contributed by atoms with E-state index in [2.05, 4.69) is 30.4 Å². The Kier molecular flexibility index (Phi) is 2.94. The fraction of sp³-hybridized carbons (Fsp3) is 0.600. The Morgan fingerprint density at radius 2 is 2.11 bits per heavy atom. The van der Waals surface area contributed by atoms with Crippen LogP contribution in [0.1, 0.15) is 38.2 Å². The quantitative estimate of drug-likeness (QED) is 0.887. The van der Waals surface area contributed by atoms with Gasteiger partial charge in [0.05, 0.1) is 13.2 Å². The van der Waals surface area contributed by atoms with E-state index >= 15 is 0 Å². The van der Waals surface area contributed by atoms with E-state index in [4.69, 9.17) is 9.47 Å². The molecule has 0 spiro atoms. The third-order valence-electron chi connectivity index (χ3n) is 3.99. The molecule has 1 atom stereocenters. The van der Waals surface area contributed by atoms with Gasteiger partial charge < -0.3 is 14.8 Å². The maximum Gasteiger partial charge on any atom is 0.161 e. The van der Waals surface area contributed by atoms with Crippen molar-refractivity contribution in [2.75, 3.05) is 13.7 Å². The first-order valence-corrected chi connectivity index (χ1v) is 6.81. The van der Waals surface area contributed by atoms with Gasteiger partial charge in [-0.2, -0.15) is 0 Å². The molecule has 0 amide bonds. The fourth-order valence-corrected chi connectivity index (χ4v) is 2.61. The fourth-order valence-electron chi connectivity index (χ4n) is 2.61. The van der Waals surface area contributed by atoms with E-state index in [0.717, 1.165) is 18.0 Å². The average Bonchev–Trinajstić information content (AvgIpc) is 3.09. The SMILES string of the molecule is COc1cc(C2(C)CCCN2)ccc1OC1CC1. The number of nitrogens with one attached hydrogen (secondary N) is 1. The highest BCUT2D eigenvalue weighted by atomic mass is 16.5. The summed E-state index contributed by atoms with van der Waals surface area (Å²) < 4.78 is 11.3. The lowest BCUT2D eigenvalue weighted by atomic mass is 9.90. The van der Waals surface area contributed by atoms with Crippen LogP contribution in [0.3, 0.4) is 0 Å². The topological polar surface area (TPSA) is 30.5 Å². The van der Waals surface area contributed by atoms with Crippen molar-refractivity contribution in [2.24, 2.45) is 0 Å². The van der Waals surface area contributed by atoms with Crippen molar-refractivity contribution in [3.8, 4) is 11.5 Å². The second kappa shape index (κ2) is 4.47. The van der Waals surface area contributed by atoms with Crippen molar-refractivity contribution in [3.63, 3.8) is 0 Å². The Bertz CT molecular complexity index is 434. The third-order valence-corrected chi connectivity index (χ3v) is 3.99. The molecule has 1 aromatic rings. The van der Waals surface area contributed by atoms with Crippen molar-refractivity contribution in [2.45, 2.75) is 44.2 Å². The summed E-state index contributed by atoms with van der Waals surface area (Å²) in [5, 5.41) is 3.58. The molecule has 98 valence electrons. The Morgan fingerprint density at radius 1 is 1.28 bits per heavy atom. The summed E-state index contributed by atoms with van der Waals surface area (Å²) in [5.74, 6) is 1.74. The summed E-state index contributed by atoms with van der Waals surface area (Å²) in [6, 6.07) is 6.34. The van der Waals surface area contributed by atoms with Crippen LogP contribution in [0.25, 0.3) is 0 Å². The summed E-state index contributed by atoms with van der Waals surface area (Å²) in [7, 11) is 1.71. The predicted molar refractivity (Wildman–Crippen MR) is 71.2 cm³/mol.